The number of carboxylic acid groups (broad SMARTS) is 1. The van der Waals surface area contributed by atoms with Crippen LogP contribution in [-0.4, -0.2) is 44.2 Å². The summed E-state index contributed by atoms with van der Waals surface area (Å²) in [6, 6.07) is 17.5. The molecule has 0 spiro atoms. The summed E-state index contributed by atoms with van der Waals surface area (Å²) in [6.45, 7) is 2.28. The van der Waals surface area contributed by atoms with E-state index in [1.54, 1.807) is 41.6 Å². The van der Waals surface area contributed by atoms with E-state index in [2.05, 4.69) is 30.6 Å². The molecular weight excluding hydrogens is 461 g/mol. The van der Waals surface area contributed by atoms with Crippen molar-refractivity contribution in [2.24, 2.45) is 0 Å². The van der Waals surface area contributed by atoms with Gasteiger partial charge in [-0.3, -0.25) is 0 Å². The van der Waals surface area contributed by atoms with Crippen molar-refractivity contribution in [3.63, 3.8) is 0 Å². The molecule has 0 fully saturated rings. The quantitative estimate of drug-likeness (QED) is 0.312. The Morgan fingerprint density at radius 2 is 1.72 bits per heavy atom. The Morgan fingerprint density at radius 1 is 1.00 bits per heavy atom. The van der Waals surface area contributed by atoms with Crippen LogP contribution in [0.2, 0.25) is 0 Å². The standard InChI is InChI=1S/C26H26FN7O2/c1-17(13-18-5-3-6-19(14-18)16-30-26(35)36)31-25-29-12-10-23(33-25)34(2)22-9-11-28-24(32-22)20-7-4-8-21(27)15-20/h3-12,14-15,17,30H,13,16H2,1-2H3,(H,35,36)(H,29,31,33). The van der Waals surface area contributed by atoms with Crippen LogP contribution in [0.4, 0.5) is 26.8 Å². The molecule has 0 aliphatic rings. The molecule has 2 heterocycles. The zero-order valence-electron chi connectivity index (χ0n) is 19.9. The summed E-state index contributed by atoms with van der Waals surface area (Å²) in [4.78, 5) is 30.3. The van der Waals surface area contributed by atoms with E-state index in [9.17, 15) is 9.18 Å². The SMILES string of the molecule is CC(Cc1cccc(CNC(=O)O)c1)Nc1nccc(N(C)c2ccnc(-c3cccc(F)c3)n2)n1. The molecule has 3 N–H and O–H groups in total. The van der Waals surface area contributed by atoms with E-state index in [1.165, 1.54) is 12.1 Å². The molecule has 0 saturated carbocycles. The minimum absolute atomic E-state index is 0.0202. The van der Waals surface area contributed by atoms with Gasteiger partial charge in [0, 0.05) is 37.6 Å². The molecular formula is C26H26FN7O2. The van der Waals surface area contributed by atoms with Crippen molar-refractivity contribution in [3.05, 3.63) is 90.0 Å². The molecule has 10 heteroatoms. The zero-order valence-corrected chi connectivity index (χ0v) is 19.9. The molecule has 0 aliphatic heterocycles. The van der Waals surface area contributed by atoms with Gasteiger partial charge in [0.15, 0.2) is 5.82 Å². The van der Waals surface area contributed by atoms with Gasteiger partial charge >= 0.3 is 6.09 Å². The smallest absolute Gasteiger partial charge is 0.404 e. The van der Waals surface area contributed by atoms with Crippen LogP contribution in [0.25, 0.3) is 11.4 Å². The Balaban J connectivity index is 1.44. The highest BCUT2D eigenvalue weighted by molar-refractivity contribution is 5.64. The Kier molecular flexibility index (Phi) is 7.64. The number of aromatic nitrogens is 4. The summed E-state index contributed by atoms with van der Waals surface area (Å²) in [7, 11) is 1.84. The Hall–Kier alpha value is -4.60. The molecule has 1 atom stereocenters. The fourth-order valence-electron chi connectivity index (χ4n) is 3.69. The van der Waals surface area contributed by atoms with Gasteiger partial charge < -0.3 is 20.6 Å². The van der Waals surface area contributed by atoms with E-state index < -0.39 is 6.09 Å². The summed E-state index contributed by atoms with van der Waals surface area (Å²) in [5, 5.41) is 14.5. The van der Waals surface area contributed by atoms with Crippen molar-refractivity contribution >= 4 is 23.7 Å². The predicted molar refractivity (Wildman–Crippen MR) is 136 cm³/mol. The first-order valence-electron chi connectivity index (χ1n) is 11.3. The number of nitrogens with one attached hydrogen (secondary N) is 2. The fourth-order valence-corrected chi connectivity index (χ4v) is 3.69. The number of carbonyl (C=O) groups is 1. The number of hydrogen-bond acceptors (Lipinski definition) is 7. The number of hydrogen-bond donors (Lipinski definition) is 3. The predicted octanol–water partition coefficient (Wildman–Crippen LogP) is 4.65. The third-order valence-electron chi connectivity index (χ3n) is 5.40. The van der Waals surface area contributed by atoms with Gasteiger partial charge in [0.25, 0.3) is 0 Å². The topological polar surface area (TPSA) is 116 Å². The lowest BCUT2D eigenvalue weighted by Gasteiger charge is -2.19. The van der Waals surface area contributed by atoms with Crippen molar-refractivity contribution in [1.82, 2.24) is 25.3 Å². The third kappa shape index (κ3) is 6.50. The molecule has 0 radical (unpaired) electrons. The molecule has 0 aliphatic carbocycles. The summed E-state index contributed by atoms with van der Waals surface area (Å²) >= 11 is 0. The van der Waals surface area contributed by atoms with E-state index >= 15 is 0 Å². The summed E-state index contributed by atoms with van der Waals surface area (Å²) in [5.74, 6) is 1.77. The lowest BCUT2D eigenvalue weighted by Crippen LogP contribution is -2.22. The second-order valence-electron chi connectivity index (χ2n) is 8.27. The van der Waals surface area contributed by atoms with Gasteiger partial charge in [-0.05, 0) is 48.7 Å². The van der Waals surface area contributed by atoms with Crippen LogP contribution in [0.3, 0.4) is 0 Å². The number of benzene rings is 2. The van der Waals surface area contributed by atoms with Gasteiger partial charge in [0.1, 0.15) is 17.5 Å². The molecule has 36 heavy (non-hydrogen) atoms. The second kappa shape index (κ2) is 11.2. The van der Waals surface area contributed by atoms with Crippen molar-refractivity contribution < 1.29 is 14.3 Å². The van der Waals surface area contributed by atoms with E-state index in [-0.39, 0.29) is 18.4 Å². The van der Waals surface area contributed by atoms with Crippen LogP contribution >= 0.6 is 0 Å². The third-order valence-corrected chi connectivity index (χ3v) is 5.40. The first-order chi connectivity index (χ1) is 17.4. The van der Waals surface area contributed by atoms with Crippen molar-refractivity contribution in [3.8, 4) is 11.4 Å². The van der Waals surface area contributed by atoms with E-state index in [4.69, 9.17) is 5.11 Å². The number of nitrogens with zero attached hydrogens (tertiary/aromatic N) is 5. The van der Waals surface area contributed by atoms with E-state index in [0.29, 0.717) is 35.4 Å². The monoisotopic (exact) mass is 487 g/mol. The van der Waals surface area contributed by atoms with Gasteiger partial charge in [0.05, 0.1) is 0 Å². The first kappa shape index (κ1) is 24.5. The van der Waals surface area contributed by atoms with Crippen LogP contribution < -0.4 is 15.5 Å². The number of halogens is 1. The number of amides is 1. The van der Waals surface area contributed by atoms with Crippen LogP contribution in [0, 0.1) is 5.82 Å². The van der Waals surface area contributed by atoms with Crippen molar-refractivity contribution in [1.29, 1.82) is 0 Å². The molecule has 1 unspecified atom stereocenters. The second-order valence-corrected chi connectivity index (χ2v) is 8.27. The van der Waals surface area contributed by atoms with Crippen LogP contribution in [0.5, 0.6) is 0 Å². The summed E-state index contributed by atoms with van der Waals surface area (Å²) < 4.78 is 13.6. The maximum Gasteiger partial charge on any atom is 0.404 e. The minimum Gasteiger partial charge on any atom is -0.465 e. The lowest BCUT2D eigenvalue weighted by molar-refractivity contribution is 0.194. The van der Waals surface area contributed by atoms with Gasteiger partial charge in [0.2, 0.25) is 5.95 Å². The average Bonchev–Trinajstić information content (AvgIpc) is 2.87. The molecule has 2 aromatic heterocycles. The van der Waals surface area contributed by atoms with Crippen LogP contribution in [0.1, 0.15) is 18.1 Å². The molecule has 0 saturated heterocycles. The zero-order chi connectivity index (χ0) is 25.5. The molecule has 4 rings (SSSR count). The van der Waals surface area contributed by atoms with Crippen LogP contribution in [0.15, 0.2) is 73.1 Å². The Bertz CT molecular complexity index is 1350. The molecule has 1 amide bonds. The normalized spacial score (nSPS) is 11.5. The molecule has 9 nitrogen and oxygen atoms in total. The van der Waals surface area contributed by atoms with E-state index in [1.807, 2.05) is 38.2 Å². The summed E-state index contributed by atoms with van der Waals surface area (Å²) in [5.41, 5.74) is 2.55. The fraction of sp³-hybridized carbons (Fsp3) is 0.192. The lowest BCUT2D eigenvalue weighted by atomic mass is 10.0. The van der Waals surface area contributed by atoms with Crippen molar-refractivity contribution in [2.75, 3.05) is 17.3 Å². The van der Waals surface area contributed by atoms with E-state index in [0.717, 1.165) is 11.1 Å². The number of anilines is 3. The highest BCUT2D eigenvalue weighted by Gasteiger charge is 2.12. The number of rotatable bonds is 9. The minimum atomic E-state index is -1.05. The maximum atomic E-state index is 13.6. The Morgan fingerprint density at radius 3 is 2.50 bits per heavy atom. The molecule has 4 aromatic rings. The van der Waals surface area contributed by atoms with Gasteiger partial charge in [-0.25, -0.2) is 24.1 Å². The van der Waals surface area contributed by atoms with Crippen molar-refractivity contribution in [2.45, 2.75) is 25.9 Å². The van der Waals surface area contributed by atoms with Gasteiger partial charge in [-0.15, -0.1) is 0 Å². The average molecular weight is 488 g/mol. The largest absolute Gasteiger partial charge is 0.465 e. The maximum absolute atomic E-state index is 13.6. The summed E-state index contributed by atoms with van der Waals surface area (Å²) in [6.07, 6.45) is 2.94. The first-order valence-corrected chi connectivity index (χ1v) is 11.3. The molecule has 184 valence electrons. The van der Waals surface area contributed by atoms with Crippen LogP contribution in [-0.2, 0) is 13.0 Å². The van der Waals surface area contributed by atoms with Gasteiger partial charge in [-0.1, -0.05) is 36.4 Å². The molecule has 0 bridgehead atoms. The van der Waals surface area contributed by atoms with Gasteiger partial charge in [-0.2, -0.15) is 4.98 Å². The molecule has 2 aromatic carbocycles. The Labute approximate surface area is 208 Å². The highest BCUT2D eigenvalue weighted by Crippen LogP contribution is 2.23. The highest BCUT2D eigenvalue weighted by atomic mass is 19.1.